The summed E-state index contributed by atoms with van der Waals surface area (Å²) in [6.45, 7) is 0. The number of hydrogen-bond donors (Lipinski definition) is 0. The van der Waals surface area contributed by atoms with E-state index in [1.165, 1.54) is 23.8 Å². The van der Waals surface area contributed by atoms with Crippen LogP contribution in [-0.4, -0.2) is 27.6 Å². The van der Waals surface area contributed by atoms with Crippen LogP contribution in [0.2, 0.25) is 0 Å². The van der Waals surface area contributed by atoms with Crippen molar-refractivity contribution in [3.8, 4) is 5.69 Å². The fraction of sp³-hybridized carbons (Fsp3) is 0.0417. The van der Waals surface area contributed by atoms with Crippen molar-refractivity contribution in [3.63, 3.8) is 0 Å². The van der Waals surface area contributed by atoms with E-state index in [1.54, 1.807) is 72.8 Å². The lowest BCUT2D eigenvalue weighted by Crippen LogP contribution is -2.22. The summed E-state index contributed by atoms with van der Waals surface area (Å²) in [6.07, 6.45) is 3.28. The highest BCUT2D eigenvalue weighted by Crippen LogP contribution is 2.18. The van der Waals surface area contributed by atoms with Crippen molar-refractivity contribution in [3.05, 3.63) is 110 Å². The van der Waals surface area contributed by atoms with Crippen molar-refractivity contribution in [2.45, 2.75) is 0 Å². The lowest BCUT2D eigenvalue weighted by Gasteiger charge is -2.12. The van der Waals surface area contributed by atoms with Gasteiger partial charge in [-0.15, -0.1) is 0 Å². The lowest BCUT2D eigenvalue weighted by atomic mass is 10.1. The Morgan fingerprint density at radius 1 is 1.03 bits per heavy atom. The summed E-state index contributed by atoms with van der Waals surface area (Å²) in [5.74, 6) is -0.141. The van der Waals surface area contributed by atoms with Crippen molar-refractivity contribution in [2.24, 2.45) is 0 Å². The molecule has 1 aromatic heterocycles. The van der Waals surface area contributed by atoms with E-state index in [4.69, 9.17) is 4.74 Å². The number of fused-ring (bicyclic) bond motifs is 1. The van der Waals surface area contributed by atoms with E-state index in [2.05, 4.69) is 4.98 Å². The molecule has 0 amide bonds. The second-order valence-electron chi connectivity index (χ2n) is 6.85. The number of benzene rings is 3. The minimum atomic E-state index is -0.480. The Labute approximate surface area is 182 Å². The molecule has 0 aliphatic heterocycles. The Kier molecular flexibility index (Phi) is 5.59. The SMILES string of the molecule is COC(=O)c1ccc(-n2c(C=Cc3cccc([N+](=O)[O-])c3)nc3ccccc3c2=O)cc1. The van der Waals surface area contributed by atoms with Crippen molar-refractivity contribution in [1.82, 2.24) is 9.55 Å². The molecule has 158 valence electrons. The van der Waals surface area contributed by atoms with Crippen molar-refractivity contribution in [1.29, 1.82) is 0 Å². The minimum Gasteiger partial charge on any atom is -0.465 e. The number of carbonyl (C=O) groups excluding carboxylic acids is 1. The summed E-state index contributed by atoms with van der Waals surface area (Å²) < 4.78 is 6.15. The molecule has 3 aromatic carbocycles. The van der Waals surface area contributed by atoms with E-state index in [9.17, 15) is 19.7 Å². The number of methoxy groups -OCH3 is 1. The summed E-state index contributed by atoms with van der Waals surface area (Å²) in [5.41, 5.74) is 1.67. The van der Waals surface area contributed by atoms with Crippen LogP contribution in [-0.2, 0) is 4.74 Å². The van der Waals surface area contributed by atoms with Crippen LogP contribution >= 0.6 is 0 Å². The number of nitro benzene ring substituents is 1. The van der Waals surface area contributed by atoms with Crippen LogP contribution in [0.3, 0.4) is 0 Å². The van der Waals surface area contributed by atoms with Gasteiger partial charge in [-0.1, -0.05) is 30.3 Å². The van der Waals surface area contributed by atoms with Gasteiger partial charge in [-0.05, 0) is 48.0 Å². The average Bonchev–Trinajstić information content (AvgIpc) is 2.82. The molecule has 0 unspecified atom stereocenters. The standard InChI is InChI=1S/C24H17N3O5/c1-32-24(29)17-10-12-18(13-11-17)26-22(25-21-8-3-2-7-20(21)23(26)28)14-9-16-5-4-6-19(15-16)27(30)31/h2-15H,1H3. The highest BCUT2D eigenvalue weighted by atomic mass is 16.6. The van der Waals surface area contributed by atoms with Gasteiger partial charge in [0, 0.05) is 12.1 Å². The zero-order chi connectivity index (χ0) is 22.7. The Morgan fingerprint density at radius 2 is 1.78 bits per heavy atom. The van der Waals surface area contributed by atoms with E-state index in [-0.39, 0.29) is 11.2 Å². The smallest absolute Gasteiger partial charge is 0.337 e. The molecule has 0 radical (unpaired) electrons. The van der Waals surface area contributed by atoms with Gasteiger partial charge in [0.15, 0.2) is 0 Å². The zero-order valence-corrected chi connectivity index (χ0v) is 17.0. The van der Waals surface area contributed by atoms with Crippen LogP contribution in [0, 0.1) is 10.1 Å². The largest absolute Gasteiger partial charge is 0.465 e. The summed E-state index contributed by atoms with van der Waals surface area (Å²) in [6, 6.07) is 19.5. The van der Waals surface area contributed by atoms with E-state index < -0.39 is 10.9 Å². The molecule has 0 fully saturated rings. The third-order valence-corrected chi connectivity index (χ3v) is 4.85. The van der Waals surface area contributed by atoms with Crippen LogP contribution in [0.25, 0.3) is 28.7 Å². The van der Waals surface area contributed by atoms with Gasteiger partial charge in [0.1, 0.15) is 5.82 Å². The maximum Gasteiger partial charge on any atom is 0.337 e. The predicted octanol–water partition coefficient (Wildman–Crippen LogP) is 4.25. The number of carbonyl (C=O) groups is 1. The summed E-state index contributed by atoms with van der Waals surface area (Å²) in [7, 11) is 1.30. The molecule has 0 saturated carbocycles. The Hall–Kier alpha value is -4.59. The first-order valence-corrected chi connectivity index (χ1v) is 9.61. The molecule has 32 heavy (non-hydrogen) atoms. The number of esters is 1. The molecule has 0 spiro atoms. The third kappa shape index (κ3) is 4.01. The highest BCUT2D eigenvalue weighted by Gasteiger charge is 2.13. The van der Waals surface area contributed by atoms with E-state index >= 15 is 0 Å². The number of aromatic nitrogens is 2. The van der Waals surface area contributed by atoms with E-state index in [0.717, 1.165) is 0 Å². The van der Waals surface area contributed by atoms with E-state index in [1.807, 2.05) is 0 Å². The van der Waals surface area contributed by atoms with Gasteiger partial charge < -0.3 is 4.74 Å². The van der Waals surface area contributed by atoms with Gasteiger partial charge in [-0.2, -0.15) is 0 Å². The second-order valence-corrected chi connectivity index (χ2v) is 6.85. The number of hydrogen-bond acceptors (Lipinski definition) is 6. The molecule has 0 aliphatic rings. The monoisotopic (exact) mass is 427 g/mol. The minimum absolute atomic E-state index is 0.0330. The zero-order valence-electron chi connectivity index (χ0n) is 17.0. The number of rotatable bonds is 5. The second kappa shape index (κ2) is 8.65. The van der Waals surface area contributed by atoms with Gasteiger partial charge in [0.25, 0.3) is 11.2 Å². The Morgan fingerprint density at radius 3 is 2.50 bits per heavy atom. The fourth-order valence-corrected chi connectivity index (χ4v) is 3.29. The Bertz CT molecular complexity index is 1420. The Balaban J connectivity index is 1.86. The molecule has 1 heterocycles. The van der Waals surface area contributed by atoms with Crippen LogP contribution in [0.5, 0.6) is 0 Å². The van der Waals surface area contributed by atoms with Gasteiger partial charge in [0.05, 0.1) is 34.2 Å². The quantitative estimate of drug-likeness (QED) is 0.268. The highest BCUT2D eigenvalue weighted by molar-refractivity contribution is 5.89. The average molecular weight is 427 g/mol. The summed E-state index contributed by atoms with van der Waals surface area (Å²) >= 11 is 0. The molecule has 0 bridgehead atoms. The van der Waals surface area contributed by atoms with Crippen molar-refractivity contribution < 1.29 is 14.5 Å². The first kappa shape index (κ1) is 20.7. The molecule has 8 heteroatoms. The first-order valence-electron chi connectivity index (χ1n) is 9.61. The first-order chi connectivity index (χ1) is 15.5. The van der Waals surface area contributed by atoms with Crippen LogP contribution < -0.4 is 5.56 Å². The maximum atomic E-state index is 13.3. The molecule has 4 rings (SSSR count). The van der Waals surface area contributed by atoms with Gasteiger partial charge in [0.2, 0.25) is 0 Å². The fourth-order valence-electron chi connectivity index (χ4n) is 3.29. The predicted molar refractivity (Wildman–Crippen MR) is 121 cm³/mol. The van der Waals surface area contributed by atoms with Crippen LogP contribution in [0.1, 0.15) is 21.7 Å². The topological polar surface area (TPSA) is 104 Å². The number of para-hydroxylation sites is 1. The number of non-ortho nitro benzene ring substituents is 1. The lowest BCUT2D eigenvalue weighted by molar-refractivity contribution is -0.384. The molecule has 0 saturated heterocycles. The van der Waals surface area contributed by atoms with Crippen molar-refractivity contribution in [2.75, 3.05) is 7.11 Å². The molecule has 4 aromatic rings. The molecule has 0 aliphatic carbocycles. The van der Waals surface area contributed by atoms with Gasteiger partial charge in [-0.3, -0.25) is 19.5 Å². The number of ether oxygens (including phenoxy) is 1. The summed E-state index contributed by atoms with van der Waals surface area (Å²) in [4.78, 5) is 40.2. The molecule has 8 nitrogen and oxygen atoms in total. The van der Waals surface area contributed by atoms with Gasteiger partial charge >= 0.3 is 5.97 Å². The summed E-state index contributed by atoms with van der Waals surface area (Å²) in [5, 5.41) is 11.5. The number of nitro groups is 1. The molecule has 0 atom stereocenters. The van der Waals surface area contributed by atoms with E-state index in [0.29, 0.717) is 33.5 Å². The molecular formula is C24H17N3O5. The molecular weight excluding hydrogens is 410 g/mol. The normalized spacial score (nSPS) is 11.0. The molecule has 0 N–H and O–H groups in total. The third-order valence-electron chi connectivity index (χ3n) is 4.85. The van der Waals surface area contributed by atoms with Crippen LogP contribution in [0.15, 0.2) is 77.6 Å². The van der Waals surface area contributed by atoms with Gasteiger partial charge in [-0.25, -0.2) is 9.78 Å². The van der Waals surface area contributed by atoms with Crippen molar-refractivity contribution >= 4 is 34.7 Å². The maximum absolute atomic E-state index is 13.3. The number of nitrogens with zero attached hydrogens (tertiary/aromatic N) is 3. The van der Waals surface area contributed by atoms with Crippen LogP contribution in [0.4, 0.5) is 5.69 Å².